The average Bonchev–Trinajstić information content (AvgIpc) is 2.87. The van der Waals surface area contributed by atoms with Gasteiger partial charge in [0.2, 0.25) is 0 Å². The van der Waals surface area contributed by atoms with Crippen LogP contribution in [0, 0.1) is 0 Å². The first-order valence-corrected chi connectivity index (χ1v) is 6.26. The third kappa shape index (κ3) is 3.31. The minimum atomic E-state index is -0.240. The van der Waals surface area contributed by atoms with Gasteiger partial charge in [0.15, 0.2) is 0 Å². The number of aromatic nitrogens is 3. The molecule has 0 aromatic carbocycles. The van der Waals surface area contributed by atoms with Crippen molar-refractivity contribution in [3.63, 3.8) is 0 Å². The Bertz CT molecular complexity index is 564. The van der Waals surface area contributed by atoms with Crippen molar-refractivity contribution in [3.05, 3.63) is 36.4 Å². The van der Waals surface area contributed by atoms with Gasteiger partial charge in [0, 0.05) is 31.2 Å². The summed E-state index contributed by atoms with van der Waals surface area (Å²) in [6.45, 7) is 5.55. The fourth-order valence-electron chi connectivity index (χ4n) is 1.66. The van der Waals surface area contributed by atoms with Gasteiger partial charge in [-0.2, -0.15) is 5.10 Å². The maximum absolute atomic E-state index is 12.0. The zero-order chi connectivity index (χ0) is 13.7. The number of carbonyl (C=O) groups excluding carboxylic acids is 1. The van der Waals surface area contributed by atoms with Crippen LogP contribution in [0.15, 0.2) is 30.7 Å². The molecule has 0 aliphatic heterocycles. The monoisotopic (exact) mass is 259 g/mol. The van der Waals surface area contributed by atoms with Gasteiger partial charge in [0.05, 0.1) is 11.9 Å². The SMILES string of the molecule is CCNc1ccnc(C(=O)Nc2cnn(CC)c2)c1. The fourth-order valence-corrected chi connectivity index (χ4v) is 1.66. The molecule has 2 aromatic heterocycles. The van der Waals surface area contributed by atoms with E-state index < -0.39 is 0 Å². The van der Waals surface area contributed by atoms with E-state index in [0.717, 1.165) is 18.8 Å². The summed E-state index contributed by atoms with van der Waals surface area (Å²) in [6, 6.07) is 3.55. The molecule has 2 heterocycles. The van der Waals surface area contributed by atoms with E-state index in [1.54, 1.807) is 29.3 Å². The van der Waals surface area contributed by atoms with E-state index in [4.69, 9.17) is 0 Å². The number of aryl methyl sites for hydroxylation is 1. The number of hydrogen-bond acceptors (Lipinski definition) is 4. The van der Waals surface area contributed by atoms with E-state index in [1.807, 2.05) is 19.9 Å². The molecule has 0 aliphatic rings. The molecular formula is C13H17N5O. The Morgan fingerprint density at radius 3 is 2.89 bits per heavy atom. The lowest BCUT2D eigenvalue weighted by atomic mass is 10.3. The van der Waals surface area contributed by atoms with Crippen molar-refractivity contribution in [2.75, 3.05) is 17.2 Å². The third-order valence-electron chi connectivity index (χ3n) is 2.59. The molecule has 0 saturated heterocycles. The number of hydrogen-bond donors (Lipinski definition) is 2. The van der Waals surface area contributed by atoms with Crippen molar-refractivity contribution in [1.82, 2.24) is 14.8 Å². The highest BCUT2D eigenvalue weighted by molar-refractivity contribution is 6.03. The van der Waals surface area contributed by atoms with Crippen LogP contribution in [-0.2, 0) is 6.54 Å². The molecular weight excluding hydrogens is 242 g/mol. The molecule has 2 N–H and O–H groups in total. The quantitative estimate of drug-likeness (QED) is 0.861. The number of rotatable bonds is 5. The predicted molar refractivity (Wildman–Crippen MR) is 74.3 cm³/mol. The lowest BCUT2D eigenvalue weighted by molar-refractivity contribution is 0.102. The van der Waals surface area contributed by atoms with Gasteiger partial charge in [-0.3, -0.25) is 14.5 Å². The molecule has 1 amide bonds. The molecule has 0 bridgehead atoms. The summed E-state index contributed by atoms with van der Waals surface area (Å²) in [5.74, 6) is -0.240. The summed E-state index contributed by atoms with van der Waals surface area (Å²) in [6.07, 6.45) is 5.02. The summed E-state index contributed by atoms with van der Waals surface area (Å²) < 4.78 is 1.75. The van der Waals surface area contributed by atoms with Gasteiger partial charge < -0.3 is 10.6 Å². The Labute approximate surface area is 111 Å². The van der Waals surface area contributed by atoms with E-state index in [9.17, 15) is 4.79 Å². The predicted octanol–water partition coefficient (Wildman–Crippen LogP) is 1.98. The lowest BCUT2D eigenvalue weighted by Gasteiger charge is -2.05. The number of nitrogens with zero attached hydrogens (tertiary/aromatic N) is 3. The molecule has 0 unspecified atom stereocenters. The van der Waals surface area contributed by atoms with Crippen molar-refractivity contribution >= 4 is 17.3 Å². The van der Waals surface area contributed by atoms with Crippen LogP contribution in [0.2, 0.25) is 0 Å². The van der Waals surface area contributed by atoms with Crippen LogP contribution in [0.4, 0.5) is 11.4 Å². The highest BCUT2D eigenvalue weighted by Crippen LogP contribution is 2.11. The zero-order valence-corrected chi connectivity index (χ0v) is 11.1. The van der Waals surface area contributed by atoms with Crippen LogP contribution in [0.1, 0.15) is 24.3 Å². The zero-order valence-electron chi connectivity index (χ0n) is 11.1. The topological polar surface area (TPSA) is 71.8 Å². The molecule has 6 heteroatoms. The van der Waals surface area contributed by atoms with E-state index in [2.05, 4.69) is 20.7 Å². The standard InChI is InChI=1S/C13H17N5O/c1-3-14-10-5-6-15-12(7-10)13(19)17-11-8-16-18(4-2)9-11/h5-9H,3-4H2,1-2H3,(H,14,15)(H,17,19). The van der Waals surface area contributed by atoms with Gasteiger partial charge in [-0.05, 0) is 26.0 Å². The van der Waals surface area contributed by atoms with E-state index >= 15 is 0 Å². The first-order chi connectivity index (χ1) is 9.22. The first-order valence-electron chi connectivity index (χ1n) is 6.26. The summed E-state index contributed by atoms with van der Waals surface area (Å²) in [4.78, 5) is 16.1. The van der Waals surface area contributed by atoms with Crippen LogP contribution < -0.4 is 10.6 Å². The molecule has 19 heavy (non-hydrogen) atoms. The molecule has 2 aromatic rings. The highest BCUT2D eigenvalue weighted by Gasteiger charge is 2.09. The largest absolute Gasteiger partial charge is 0.385 e. The van der Waals surface area contributed by atoms with Gasteiger partial charge in [-0.1, -0.05) is 0 Å². The maximum atomic E-state index is 12.0. The molecule has 0 saturated carbocycles. The van der Waals surface area contributed by atoms with E-state index in [1.165, 1.54) is 0 Å². The summed E-state index contributed by atoms with van der Waals surface area (Å²) in [5, 5.41) is 10.0. The van der Waals surface area contributed by atoms with Gasteiger partial charge in [0.1, 0.15) is 5.69 Å². The second-order valence-electron chi connectivity index (χ2n) is 4.00. The smallest absolute Gasteiger partial charge is 0.274 e. The normalized spacial score (nSPS) is 10.2. The van der Waals surface area contributed by atoms with Crippen molar-refractivity contribution in [2.24, 2.45) is 0 Å². The number of amides is 1. The Hall–Kier alpha value is -2.37. The van der Waals surface area contributed by atoms with Gasteiger partial charge in [0.25, 0.3) is 5.91 Å². The van der Waals surface area contributed by atoms with Gasteiger partial charge >= 0.3 is 0 Å². The number of carbonyl (C=O) groups is 1. The third-order valence-corrected chi connectivity index (χ3v) is 2.59. The molecule has 100 valence electrons. The molecule has 0 fully saturated rings. The maximum Gasteiger partial charge on any atom is 0.274 e. The first kappa shape index (κ1) is 13.1. The second-order valence-corrected chi connectivity index (χ2v) is 4.00. The van der Waals surface area contributed by atoms with Crippen LogP contribution in [0.5, 0.6) is 0 Å². The fraction of sp³-hybridized carbons (Fsp3) is 0.308. The lowest BCUT2D eigenvalue weighted by Crippen LogP contribution is -2.13. The Kier molecular flexibility index (Phi) is 4.12. The number of anilines is 2. The minimum absolute atomic E-state index is 0.240. The minimum Gasteiger partial charge on any atom is -0.385 e. The average molecular weight is 259 g/mol. The number of nitrogens with one attached hydrogen (secondary N) is 2. The van der Waals surface area contributed by atoms with Crippen LogP contribution in [0.25, 0.3) is 0 Å². The Balaban J connectivity index is 2.08. The molecule has 0 radical (unpaired) electrons. The second kappa shape index (κ2) is 5.99. The summed E-state index contributed by atoms with van der Waals surface area (Å²) in [7, 11) is 0. The van der Waals surface area contributed by atoms with Crippen LogP contribution >= 0.6 is 0 Å². The number of pyridine rings is 1. The summed E-state index contributed by atoms with van der Waals surface area (Å²) in [5.41, 5.74) is 1.93. The van der Waals surface area contributed by atoms with Crippen molar-refractivity contribution in [3.8, 4) is 0 Å². The Morgan fingerprint density at radius 1 is 1.37 bits per heavy atom. The molecule has 0 atom stereocenters. The van der Waals surface area contributed by atoms with Crippen molar-refractivity contribution in [1.29, 1.82) is 0 Å². The molecule has 2 rings (SSSR count). The van der Waals surface area contributed by atoms with Gasteiger partial charge in [-0.15, -0.1) is 0 Å². The van der Waals surface area contributed by atoms with Crippen molar-refractivity contribution in [2.45, 2.75) is 20.4 Å². The molecule has 0 spiro atoms. The van der Waals surface area contributed by atoms with Crippen LogP contribution in [0.3, 0.4) is 0 Å². The van der Waals surface area contributed by atoms with Gasteiger partial charge in [-0.25, -0.2) is 0 Å². The Morgan fingerprint density at radius 2 is 2.21 bits per heavy atom. The molecule has 0 aliphatic carbocycles. The van der Waals surface area contributed by atoms with E-state index in [0.29, 0.717) is 11.4 Å². The van der Waals surface area contributed by atoms with E-state index in [-0.39, 0.29) is 5.91 Å². The summed E-state index contributed by atoms with van der Waals surface area (Å²) >= 11 is 0. The highest BCUT2D eigenvalue weighted by atomic mass is 16.1. The van der Waals surface area contributed by atoms with Crippen molar-refractivity contribution < 1.29 is 4.79 Å². The molecule has 6 nitrogen and oxygen atoms in total. The van der Waals surface area contributed by atoms with Crippen LogP contribution in [-0.4, -0.2) is 27.2 Å².